The number of aryl methyl sites for hydroxylation is 1. The number of hydrogen-bond acceptors (Lipinski definition) is 3. The number of benzene rings is 3. The fourth-order valence-corrected chi connectivity index (χ4v) is 4.51. The minimum atomic E-state index is -0.221. The van der Waals surface area contributed by atoms with E-state index in [1.165, 1.54) is 11.1 Å². The van der Waals surface area contributed by atoms with Gasteiger partial charge in [0.1, 0.15) is 0 Å². The van der Waals surface area contributed by atoms with E-state index in [9.17, 15) is 4.79 Å². The number of amides is 2. The van der Waals surface area contributed by atoms with Crippen LogP contribution < -0.4 is 21.7 Å². The van der Waals surface area contributed by atoms with Gasteiger partial charge in [0.2, 0.25) is 0 Å². The van der Waals surface area contributed by atoms with Crippen LogP contribution in [-0.4, -0.2) is 12.6 Å². The molecule has 3 aromatic carbocycles. The molecule has 5 nitrogen and oxygen atoms in total. The number of carbonyl (C=O) groups is 1. The lowest BCUT2D eigenvalue weighted by atomic mass is 10.0. The third kappa shape index (κ3) is 5.91. The molecule has 0 unspecified atom stereocenters. The van der Waals surface area contributed by atoms with Crippen molar-refractivity contribution in [3.63, 3.8) is 0 Å². The van der Waals surface area contributed by atoms with Gasteiger partial charge >= 0.3 is 6.03 Å². The average Bonchev–Trinajstić information content (AvgIpc) is 2.84. The number of nitrogens with zero attached hydrogens (tertiary/aromatic N) is 1. The van der Waals surface area contributed by atoms with Gasteiger partial charge in [0, 0.05) is 16.4 Å². The van der Waals surface area contributed by atoms with Crippen LogP contribution in [-0.2, 0) is 32.2 Å². The Bertz CT molecular complexity index is 1080. The fraction of sp³-hybridized carbons (Fsp3) is 0.321. The van der Waals surface area contributed by atoms with Gasteiger partial charge in [-0.3, -0.25) is 4.90 Å². The molecular formula is C28H35ClN4O. The lowest BCUT2D eigenvalue weighted by Gasteiger charge is -2.26. The molecule has 6 heteroatoms. The van der Waals surface area contributed by atoms with Gasteiger partial charge in [-0.2, -0.15) is 0 Å². The molecule has 3 aromatic rings. The lowest BCUT2D eigenvalue weighted by molar-refractivity contribution is 0.256. The van der Waals surface area contributed by atoms with Crippen molar-refractivity contribution in [2.45, 2.75) is 53.0 Å². The van der Waals surface area contributed by atoms with Crippen LogP contribution in [0.15, 0.2) is 54.6 Å². The zero-order valence-electron chi connectivity index (χ0n) is 20.3. The van der Waals surface area contributed by atoms with Crippen LogP contribution in [0, 0.1) is 0 Å². The minimum Gasteiger partial charge on any atom is -0.398 e. The van der Waals surface area contributed by atoms with Crippen LogP contribution in [0.1, 0.15) is 48.6 Å². The molecule has 34 heavy (non-hydrogen) atoms. The van der Waals surface area contributed by atoms with Gasteiger partial charge in [0.05, 0.1) is 12.2 Å². The van der Waals surface area contributed by atoms with E-state index in [2.05, 4.69) is 48.6 Å². The molecule has 0 aliphatic heterocycles. The van der Waals surface area contributed by atoms with E-state index in [4.69, 9.17) is 23.1 Å². The van der Waals surface area contributed by atoms with Crippen LogP contribution in [0.25, 0.3) is 0 Å². The number of nitrogens with two attached hydrogens (primary N) is 2. The smallest absolute Gasteiger partial charge is 0.326 e. The summed E-state index contributed by atoms with van der Waals surface area (Å²) in [5.74, 6) is 0. The number of urea groups is 1. The molecule has 0 aliphatic carbocycles. The summed E-state index contributed by atoms with van der Waals surface area (Å²) in [4.78, 5) is 15.5. The van der Waals surface area contributed by atoms with E-state index in [0.29, 0.717) is 42.3 Å². The maximum atomic E-state index is 13.7. The summed E-state index contributed by atoms with van der Waals surface area (Å²) >= 11 is 6.49. The van der Waals surface area contributed by atoms with Gasteiger partial charge in [0.15, 0.2) is 0 Å². The molecule has 0 radical (unpaired) electrons. The predicted octanol–water partition coefficient (Wildman–Crippen LogP) is 6.35. The van der Waals surface area contributed by atoms with Crippen LogP contribution in [0.2, 0.25) is 5.02 Å². The zero-order chi connectivity index (χ0) is 24.7. The third-order valence-corrected chi connectivity index (χ3v) is 6.50. The first kappa shape index (κ1) is 25.6. The minimum absolute atomic E-state index is 0.221. The highest BCUT2D eigenvalue weighted by molar-refractivity contribution is 6.32. The van der Waals surface area contributed by atoms with Crippen LogP contribution in [0.4, 0.5) is 21.9 Å². The van der Waals surface area contributed by atoms with E-state index < -0.39 is 0 Å². The topological polar surface area (TPSA) is 84.4 Å². The summed E-state index contributed by atoms with van der Waals surface area (Å²) in [6.45, 7) is 7.21. The Labute approximate surface area is 208 Å². The predicted molar refractivity (Wildman–Crippen MR) is 145 cm³/mol. The SMILES string of the molecule is CCc1ccc(N(Cc2ccc(CCN)cc2)C(=O)Nc2c(CC)c(N)cc(Cl)c2CC)cc1. The second kappa shape index (κ2) is 11.9. The standard InChI is InChI=1S/C28H35ClN4O/c1-4-19-11-13-22(14-12-19)33(18-21-9-7-20(8-10-21)15-16-30)28(34)32-27-23(5-2)25(29)17-26(31)24(27)6-3/h7-14,17H,4-6,15-16,18,30-31H2,1-3H3,(H,32,34). The summed E-state index contributed by atoms with van der Waals surface area (Å²) in [7, 11) is 0. The Morgan fingerprint density at radius 3 is 2.03 bits per heavy atom. The molecule has 0 spiro atoms. The quantitative estimate of drug-likeness (QED) is 0.313. The Morgan fingerprint density at radius 2 is 1.47 bits per heavy atom. The molecule has 0 atom stereocenters. The van der Waals surface area contributed by atoms with E-state index in [1.54, 1.807) is 11.0 Å². The van der Waals surface area contributed by atoms with Crippen molar-refractivity contribution < 1.29 is 4.79 Å². The van der Waals surface area contributed by atoms with Gasteiger partial charge in [0.25, 0.3) is 0 Å². The van der Waals surface area contributed by atoms with Crippen molar-refractivity contribution in [2.24, 2.45) is 5.73 Å². The van der Waals surface area contributed by atoms with Gasteiger partial charge in [-0.25, -0.2) is 4.79 Å². The Hall–Kier alpha value is -3.02. The largest absolute Gasteiger partial charge is 0.398 e. The molecular weight excluding hydrogens is 444 g/mol. The summed E-state index contributed by atoms with van der Waals surface area (Å²) in [6.07, 6.45) is 3.16. The summed E-state index contributed by atoms with van der Waals surface area (Å²) < 4.78 is 0. The molecule has 2 amide bonds. The van der Waals surface area contributed by atoms with Gasteiger partial charge in [-0.05, 0) is 78.2 Å². The molecule has 0 saturated heterocycles. The maximum absolute atomic E-state index is 13.7. The molecule has 3 rings (SSSR count). The third-order valence-electron chi connectivity index (χ3n) is 6.16. The number of nitrogens with one attached hydrogen (secondary N) is 1. The molecule has 0 fully saturated rings. The summed E-state index contributed by atoms with van der Waals surface area (Å²) in [5.41, 5.74) is 19.3. The molecule has 0 heterocycles. The van der Waals surface area contributed by atoms with Gasteiger partial charge in [-0.1, -0.05) is 68.8 Å². The van der Waals surface area contributed by atoms with Crippen LogP contribution in [0.5, 0.6) is 0 Å². The average molecular weight is 479 g/mol. The highest BCUT2D eigenvalue weighted by atomic mass is 35.5. The number of anilines is 3. The second-order valence-corrected chi connectivity index (χ2v) is 8.79. The number of nitrogen functional groups attached to an aromatic ring is 1. The van der Waals surface area contributed by atoms with Crippen LogP contribution >= 0.6 is 11.6 Å². The molecule has 5 N–H and O–H groups in total. The molecule has 0 saturated carbocycles. The Balaban J connectivity index is 1.98. The molecule has 180 valence electrons. The lowest BCUT2D eigenvalue weighted by Crippen LogP contribution is -2.35. The molecule has 0 bridgehead atoms. The molecule has 0 aromatic heterocycles. The van der Waals surface area contributed by atoms with E-state index >= 15 is 0 Å². The first-order valence-corrected chi connectivity index (χ1v) is 12.3. The van der Waals surface area contributed by atoms with Crippen LogP contribution in [0.3, 0.4) is 0 Å². The second-order valence-electron chi connectivity index (χ2n) is 8.38. The van der Waals surface area contributed by atoms with Gasteiger partial charge in [-0.15, -0.1) is 0 Å². The molecule has 0 aliphatic rings. The highest BCUT2D eigenvalue weighted by Gasteiger charge is 2.21. The zero-order valence-corrected chi connectivity index (χ0v) is 21.1. The van der Waals surface area contributed by atoms with Crippen molar-refractivity contribution >= 4 is 34.7 Å². The van der Waals surface area contributed by atoms with Crippen molar-refractivity contribution in [1.82, 2.24) is 0 Å². The van der Waals surface area contributed by atoms with Gasteiger partial charge < -0.3 is 16.8 Å². The normalized spacial score (nSPS) is 10.9. The highest BCUT2D eigenvalue weighted by Crippen LogP contribution is 2.34. The van der Waals surface area contributed by atoms with Crippen molar-refractivity contribution in [2.75, 3.05) is 22.5 Å². The van der Waals surface area contributed by atoms with Crippen molar-refractivity contribution in [1.29, 1.82) is 0 Å². The Kier molecular flexibility index (Phi) is 8.97. The summed E-state index contributed by atoms with van der Waals surface area (Å²) in [6, 6.07) is 17.9. The number of hydrogen-bond donors (Lipinski definition) is 3. The van der Waals surface area contributed by atoms with Crippen molar-refractivity contribution in [3.8, 4) is 0 Å². The van der Waals surface area contributed by atoms with E-state index in [0.717, 1.165) is 35.2 Å². The first-order chi connectivity index (χ1) is 16.4. The maximum Gasteiger partial charge on any atom is 0.326 e. The number of carbonyl (C=O) groups excluding carboxylic acids is 1. The van der Waals surface area contributed by atoms with E-state index in [-0.39, 0.29) is 6.03 Å². The Morgan fingerprint density at radius 1 is 0.882 bits per heavy atom. The summed E-state index contributed by atoms with van der Waals surface area (Å²) in [5, 5.41) is 3.72. The van der Waals surface area contributed by atoms with Crippen molar-refractivity contribution in [3.05, 3.63) is 87.4 Å². The monoisotopic (exact) mass is 478 g/mol. The fourth-order valence-electron chi connectivity index (χ4n) is 4.16. The van der Waals surface area contributed by atoms with E-state index in [1.807, 2.05) is 26.0 Å². The number of halogens is 1. The number of rotatable bonds is 9. The first-order valence-electron chi connectivity index (χ1n) is 12.0.